The van der Waals surface area contributed by atoms with E-state index in [2.05, 4.69) is 0 Å². The molecule has 20 heavy (non-hydrogen) atoms. The summed E-state index contributed by atoms with van der Waals surface area (Å²) < 4.78 is 18.9. The largest absolute Gasteiger partial charge is 0.494 e. The Morgan fingerprint density at radius 1 is 1.15 bits per heavy atom. The Labute approximate surface area is 122 Å². The quantitative estimate of drug-likeness (QED) is 0.826. The maximum atomic E-state index is 14.0. The number of hydrogen-bond acceptors (Lipinski definition) is 3. The maximum absolute atomic E-state index is 14.0. The predicted octanol–water partition coefficient (Wildman–Crippen LogP) is 3.53. The maximum Gasteiger partial charge on any atom is 0.168 e. The minimum absolute atomic E-state index is 0.213. The lowest BCUT2D eigenvalue weighted by atomic mass is 10.1. The Morgan fingerprint density at radius 2 is 1.90 bits per heavy atom. The number of halogens is 1. The monoisotopic (exact) mass is 292 g/mol. The van der Waals surface area contributed by atoms with Crippen molar-refractivity contribution in [2.45, 2.75) is 17.4 Å². The molecular formula is C16H17FO2S. The van der Waals surface area contributed by atoms with Gasteiger partial charge in [-0.2, -0.15) is 0 Å². The molecule has 1 unspecified atom stereocenters. The van der Waals surface area contributed by atoms with Crippen molar-refractivity contribution in [1.82, 2.24) is 0 Å². The van der Waals surface area contributed by atoms with Crippen LogP contribution in [0.15, 0.2) is 53.4 Å². The first kappa shape index (κ1) is 14.9. The zero-order valence-electron chi connectivity index (χ0n) is 11.3. The molecule has 1 N–H and O–H groups in total. The van der Waals surface area contributed by atoms with Gasteiger partial charge in [0, 0.05) is 17.1 Å². The molecule has 106 valence electrons. The van der Waals surface area contributed by atoms with Gasteiger partial charge < -0.3 is 9.84 Å². The van der Waals surface area contributed by atoms with E-state index < -0.39 is 11.9 Å². The third-order valence-electron chi connectivity index (χ3n) is 2.90. The fraction of sp³-hybridized carbons (Fsp3) is 0.250. The van der Waals surface area contributed by atoms with E-state index in [1.165, 1.54) is 7.11 Å². The average Bonchev–Trinajstić information content (AvgIpc) is 2.48. The number of hydrogen-bond donors (Lipinski definition) is 1. The summed E-state index contributed by atoms with van der Waals surface area (Å²) in [5, 5.41) is 10.0. The van der Waals surface area contributed by atoms with Gasteiger partial charge in [-0.1, -0.05) is 30.3 Å². The lowest BCUT2D eigenvalue weighted by Crippen LogP contribution is -2.14. The van der Waals surface area contributed by atoms with Gasteiger partial charge in [-0.05, 0) is 23.8 Å². The topological polar surface area (TPSA) is 29.5 Å². The van der Waals surface area contributed by atoms with Crippen LogP contribution in [-0.4, -0.2) is 24.1 Å². The molecule has 0 aliphatic heterocycles. The van der Waals surface area contributed by atoms with Crippen molar-refractivity contribution >= 4 is 11.8 Å². The molecule has 0 fully saturated rings. The van der Waals surface area contributed by atoms with Gasteiger partial charge in [-0.15, -0.1) is 11.8 Å². The molecular weight excluding hydrogens is 275 g/mol. The van der Waals surface area contributed by atoms with Crippen LogP contribution in [0, 0.1) is 5.82 Å². The number of benzene rings is 2. The first-order valence-corrected chi connectivity index (χ1v) is 7.36. The number of methoxy groups -OCH3 is 1. The average molecular weight is 292 g/mol. The molecule has 2 aromatic rings. The molecule has 0 radical (unpaired) electrons. The molecule has 0 aliphatic rings. The van der Waals surface area contributed by atoms with Crippen LogP contribution in [0.5, 0.6) is 5.75 Å². The number of rotatable bonds is 6. The first-order chi connectivity index (χ1) is 9.70. The van der Waals surface area contributed by atoms with Crippen LogP contribution < -0.4 is 4.74 Å². The highest BCUT2D eigenvalue weighted by Gasteiger charge is 2.13. The minimum atomic E-state index is -0.596. The normalized spacial score (nSPS) is 12.2. The van der Waals surface area contributed by atoms with Crippen LogP contribution in [0.3, 0.4) is 0 Å². The van der Waals surface area contributed by atoms with Gasteiger partial charge in [-0.3, -0.25) is 0 Å². The second-order valence-electron chi connectivity index (χ2n) is 4.42. The third-order valence-corrected chi connectivity index (χ3v) is 4.06. The fourth-order valence-electron chi connectivity index (χ4n) is 1.89. The molecule has 2 nitrogen and oxygen atoms in total. The highest BCUT2D eigenvalue weighted by molar-refractivity contribution is 7.99. The lowest BCUT2D eigenvalue weighted by molar-refractivity contribution is 0.198. The lowest BCUT2D eigenvalue weighted by Gasteiger charge is -2.12. The highest BCUT2D eigenvalue weighted by atomic mass is 32.2. The summed E-state index contributed by atoms with van der Waals surface area (Å²) >= 11 is 1.56. The molecule has 0 spiro atoms. The molecule has 1 atom stereocenters. The Kier molecular flexibility index (Phi) is 5.44. The van der Waals surface area contributed by atoms with Crippen LogP contribution in [0.1, 0.15) is 5.56 Å². The van der Waals surface area contributed by atoms with E-state index in [1.807, 2.05) is 30.3 Å². The van der Waals surface area contributed by atoms with E-state index in [9.17, 15) is 9.50 Å². The third kappa shape index (κ3) is 3.99. The molecule has 0 saturated heterocycles. The second kappa shape index (κ2) is 7.31. The summed E-state index contributed by atoms with van der Waals surface area (Å²) in [4.78, 5) is 1.10. The molecule has 0 heterocycles. The predicted molar refractivity (Wildman–Crippen MR) is 79.8 cm³/mol. The number of ether oxygens (including phenoxy) is 1. The summed E-state index contributed by atoms with van der Waals surface area (Å²) in [6.45, 7) is 0. The van der Waals surface area contributed by atoms with E-state index in [-0.39, 0.29) is 12.2 Å². The summed E-state index contributed by atoms with van der Waals surface area (Å²) in [6.07, 6.45) is -0.315. The van der Waals surface area contributed by atoms with Crippen molar-refractivity contribution in [2.75, 3.05) is 12.9 Å². The summed E-state index contributed by atoms with van der Waals surface area (Å²) in [5.74, 6) is 0.352. The van der Waals surface area contributed by atoms with E-state index in [1.54, 1.807) is 30.0 Å². The molecule has 4 heteroatoms. The van der Waals surface area contributed by atoms with Gasteiger partial charge >= 0.3 is 0 Å². The van der Waals surface area contributed by atoms with Crippen LogP contribution in [-0.2, 0) is 6.42 Å². The van der Waals surface area contributed by atoms with Crippen molar-refractivity contribution in [1.29, 1.82) is 0 Å². The molecule has 0 bridgehead atoms. The number of aliphatic hydroxyl groups excluding tert-OH is 1. The molecule has 0 aromatic heterocycles. The smallest absolute Gasteiger partial charge is 0.168 e. The van der Waals surface area contributed by atoms with E-state index >= 15 is 0 Å². The first-order valence-electron chi connectivity index (χ1n) is 6.38. The zero-order chi connectivity index (χ0) is 14.4. The van der Waals surface area contributed by atoms with Crippen molar-refractivity contribution in [2.24, 2.45) is 0 Å². The fourth-order valence-corrected chi connectivity index (χ4v) is 2.75. The Morgan fingerprint density at radius 3 is 2.60 bits per heavy atom. The number of thioether (sulfide) groups is 1. The van der Waals surface area contributed by atoms with Gasteiger partial charge in [0.05, 0.1) is 13.2 Å². The molecule has 0 saturated carbocycles. The standard InChI is InChI=1S/C16H17FO2S/c1-19-15-9-5-6-12(16(15)17)10-13(18)11-20-14-7-3-2-4-8-14/h2-9,13,18H,10-11H2,1H3. The van der Waals surface area contributed by atoms with E-state index in [0.717, 1.165) is 4.90 Å². The van der Waals surface area contributed by atoms with Gasteiger partial charge in [-0.25, -0.2) is 4.39 Å². The number of aliphatic hydroxyl groups is 1. The Bertz CT molecular complexity index is 545. The second-order valence-corrected chi connectivity index (χ2v) is 5.51. The van der Waals surface area contributed by atoms with Crippen molar-refractivity contribution in [3.8, 4) is 5.75 Å². The van der Waals surface area contributed by atoms with E-state index in [0.29, 0.717) is 11.3 Å². The van der Waals surface area contributed by atoms with Crippen LogP contribution in [0.25, 0.3) is 0 Å². The summed E-state index contributed by atoms with van der Waals surface area (Å²) in [6, 6.07) is 14.8. The van der Waals surface area contributed by atoms with Crippen LogP contribution in [0.4, 0.5) is 4.39 Å². The summed E-state index contributed by atoms with van der Waals surface area (Å²) in [5.41, 5.74) is 0.477. The Hall–Kier alpha value is -1.52. The molecule has 2 aromatic carbocycles. The Balaban J connectivity index is 1.93. The van der Waals surface area contributed by atoms with Crippen LogP contribution >= 0.6 is 11.8 Å². The van der Waals surface area contributed by atoms with Crippen molar-refractivity contribution in [3.63, 3.8) is 0 Å². The molecule has 0 aliphatic carbocycles. The van der Waals surface area contributed by atoms with Crippen molar-refractivity contribution < 1.29 is 14.2 Å². The van der Waals surface area contributed by atoms with Gasteiger partial charge in [0.1, 0.15) is 0 Å². The molecule has 0 amide bonds. The van der Waals surface area contributed by atoms with E-state index in [4.69, 9.17) is 4.74 Å². The van der Waals surface area contributed by atoms with Gasteiger partial charge in [0.2, 0.25) is 0 Å². The SMILES string of the molecule is COc1cccc(CC(O)CSc2ccccc2)c1F. The summed E-state index contributed by atoms with van der Waals surface area (Å²) in [7, 11) is 1.43. The van der Waals surface area contributed by atoms with Crippen molar-refractivity contribution in [3.05, 3.63) is 59.9 Å². The highest BCUT2D eigenvalue weighted by Crippen LogP contribution is 2.23. The zero-order valence-corrected chi connectivity index (χ0v) is 12.1. The van der Waals surface area contributed by atoms with Gasteiger partial charge in [0.25, 0.3) is 0 Å². The molecule has 2 rings (SSSR count). The van der Waals surface area contributed by atoms with Crippen LogP contribution in [0.2, 0.25) is 0 Å². The minimum Gasteiger partial charge on any atom is -0.494 e. The van der Waals surface area contributed by atoms with Gasteiger partial charge in [0.15, 0.2) is 11.6 Å².